The van der Waals surface area contributed by atoms with Crippen molar-refractivity contribution in [1.29, 1.82) is 0 Å². The summed E-state index contributed by atoms with van der Waals surface area (Å²) in [7, 11) is 0. The van der Waals surface area contributed by atoms with E-state index in [1.54, 1.807) is 12.3 Å². The number of aromatic nitrogens is 1. The molecule has 2 aromatic heterocycles. The van der Waals surface area contributed by atoms with Gasteiger partial charge in [-0.3, -0.25) is 0 Å². The normalized spacial score (nSPS) is 15.2. The number of anilines is 1. The van der Waals surface area contributed by atoms with E-state index in [-0.39, 0.29) is 0 Å². The van der Waals surface area contributed by atoms with Gasteiger partial charge in [0.1, 0.15) is 11.8 Å². The van der Waals surface area contributed by atoms with Gasteiger partial charge in [0.25, 0.3) is 0 Å². The second kappa shape index (κ2) is 8.33. The molecular formula is C26H28N2O3. The molecule has 0 radical (unpaired) electrons. The minimum atomic E-state index is -1.60. The van der Waals surface area contributed by atoms with Crippen LogP contribution in [0.4, 0.5) is 5.69 Å². The van der Waals surface area contributed by atoms with Gasteiger partial charge in [0.2, 0.25) is 0 Å². The van der Waals surface area contributed by atoms with E-state index >= 15 is 0 Å². The number of benzene rings is 2. The molecule has 0 spiro atoms. The maximum atomic E-state index is 10.3. The second-order valence-electron chi connectivity index (χ2n) is 8.44. The van der Waals surface area contributed by atoms with Gasteiger partial charge in [0.15, 0.2) is 6.29 Å². The number of furan rings is 1. The van der Waals surface area contributed by atoms with Gasteiger partial charge >= 0.3 is 0 Å². The van der Waals surface area contributed by atoms with Crippen molar-refractivity contribution in [2.24, 2.45) is 0 Å². The lowest BCUT2D eigenvalue weighted by Gasteiger charge is -2.26. The maximum absolute atomic E-state index is 10.3. The molecule has 0 atom stereocenters. The summed E-state index contributed by atoms with van der Waals surface area (Å²) in [5.41, 5.74) is 5.62. The third-order valence-corrected chi connectivity index (χ3v) is 6.46. The summed E-state index contributed by atoms with van der Waals surface area (Å²) in [6.07, 6.45) is 6.94. The molecule has 2 heterocycles. The van der Waals surface area contributed by atoms with Crippen LogP contribution in [0.2, 0.25) is 0 Å². The molecule has 0 bridgehead atoms. The van der Waals surface area contributed by atoms with Crippen LogP contribution in [-0.2, 0) is 6.42 Å². The van der Waals surface area contributed by atoms with Crippen molar-refractivity contribution in [1.82, 2.24) is 4.98 Å². The number of aryl methyl sites for hydroxylation is 1. The number of fused-ring (bicyclic) bond motifs is 2. The molecule has 1 aliphatic rings. The number of aliphatic hydroxyl groups is 2. The molecule has 5 nitrogen and oxygen atoms in total. The summed E-state index contributed by atoms with van der Waals surface area (Å²) in [6, 6.07) is 14.2. The number of pyridine rings is 1. The molecule has 4 aromatic rings. The lowest BCUT2D eigenvalue weighted by Crippen LogP contribution is -2.22. The Kier molecular flexibility index (Phi) is 5.38. The van der Waals surface area contributed by atoms with Gasteiger partial charge < -0.3 is 19.9 Å². The standard InChI is InChI=1S/C26H28N2O3/c1-2-16-12-13-21(27-17-8-4-3-5-9-17)24-19(26(29)30)14-22(28-25(16)24)20-15-31-23-11-7-6-10-18(20)23/h6-7,10-15,17,26-27,29-30H,2-5,8-9H2,1H3. The minimum absolute atomic E-state index is 0.408. The first-order valence-electron chi connectivity index (χ1n) is 11.2. The molecule has 3 N–H and O–H groups in total. The van der Waals surface area contributed by atoms with Crippen LogP contribution in [-0.4, -0.2) is 21.2 Å². The molecule has 0 aliphatic heterocycles. The average Bonchev–Trinajstić information content (AvgIpc) is 3.23. The van der Waals surface area contributed by atoms with Crippen LogP contribution < -0.4 is 5.32 Å². The molecule has 0 amide bonds. The topological polar surface area (TPSA) is 78.5 Å². The van der Waals surface area contributed by atoms with Crippen LogP contribution in [0.1, 0.15) is 56.4 Å². The highest BCUT2D eigenvalue weighted by Crippen LogP contribution is 2.38. The van der Waals surface area contributed by atoms with E-state index in [1.165, 1.54) is 19.3 Å². The van der Waals surface area contributed by atoms with Crippen molar-refractivity contribution < 1.29 is 14.6 Å². The summed E-state index contributed by atoms with van der Waals surface area (Å²) in [5.74, 6) is 0. The zero-order chi connectivity index (χ0) is 21.4. The first-order valence-corrected chi connectivity index (χ1v) is 11.2. The number of rotatable bonds is 5. The van der Waals surface area contributed by atoms with Crippen LogP contribution in [0.25, 0.3) is 33.1 Å². The number of aliphatic hydroxyl groups excluding tert-OH is 1. The summed E-state index contributed by atoms with van der Waals surface area (Å²) in [5, 5.41) is 26.1. The number of hydrogen-bond acceptors (Lipinski definition) is 5. The van der Waals surface area contributed by atoms with Gasteiger partial charge in [0, 0.05) is 33.6 Å². The molecule has 5 heteroatoms. The van der Waals surface area contributed by atoms with E-state index in [4.69, 9.17) is 9.40 Å². The van der Waals surface area contributed by atoms with Crippen molar-refractivity contribution in [3.63, 3.8) is 0 Å². The Labute approximate surface area is 181 Å². The first kappa shape index (κ1) is 20.0. The number of nitrogens with zero attached hydrogens (tertiary/aromatic N) is 1. The van der Waals surface area contributed by atoms with Gasteiger partial charge in [-0.25, -0.2) is 4.98 Å². The van der Waals surface area contributed by atoms with Gasteiger partial charge in [-0.2, -0.15) is 0 Å². The predicted molar refractivity (Wildman–Crippen MR) is 124 cm³/mol. The lowest BCUT2D eigenvalue weighted by molar-refractivity contribution is -0.0412. The SMILES string of the molecule is CCc1ccc(NC2CCCCC2)c2c(C(O)O)cc(-c3coc4ccccc34)nc12. The molecule has 1 saturated carbocycles. The fraction of sp³-hybridized carbons (Fsp3) is 0.346. The fourth-order valence-corrected chi connectivity index (χ4v) is 4.82. The van der Waals surface area contributed by atoms with Crippen LogP contribution >= 0.6 is 0 Å². The number of nitrogens with one attached hydrogen (secondary N) is 1. The highest BCUT2D eigenvalue weighted by atomic mass is 16.5. The van der Waals surface area contributed by atoms with Crippen LogP contribution in [0, 0.1) is 0 Å². The van der Waals surface area contributed by atoms with E-state index in [1.807, 2.05) is 24.3 Å². The van der Waals surface area contributed by atoms with Crippen molar-refractivity contribution in [3.05, 3.63) is 59.9 Å². The fourth-order valence-electron chi connectivity index (χ4n) is 4.82. The Hall–Kier alpha value is -2.89. The average molecular weight is 417 g/mol. The van der Waals surface area contributed by atoms with Gasteiger partial charge in [-0.15, -0.1) is 0 Å². The van der Waals surface area contributed by atoms with Gasteiger partial charge in [-0.1, -0.05) is 50.5 Å². The molecular weight excluding hydrogens is 388 g/mol. The van der Waals surface area contributed by atoms with Gasteiger partial charge in [-0.05, 0) is 43.0 Å². The zero-order valence-corrected chi connectivity index (χ0v) is 17.8. The Morgan fingerprint density at radius 3 is 2.68 bits per heavy atom. The molecule has 5 rings (SSSR count). The zero-order valence-electron chi connectivity index (χ0n) is 17.8. The van der Waals surface area contributed by atoms with E-state index in [0.717, 1.165) is 57.9 Å². The summed E-state index contributed by atoms with van der Waals surface area (Å²) < 4.78 is 5.72. The van der Waals surface area contributed by atoms with E-state index in [0.29, 0.717) is 17.3 Å². The van der Waals surface area contributed by atoms with Crippen molar-refractivity contribution in [2.45, 2.75) is 57.8 Å². The smallest absolute Gasteiger partial charge is 0.179 e. The lowest BCUT2D eigenvalue weighted by atomic mass is 9.94. The van der Waals surface area contributed by atoms with Crippen molar-refractivity contribution >= 4 is 27.6 Å². The monoisotopic (exact) mass is 416 g/mol. The molecule has 1 aliphatic carbocycles. The second-order valence-corrected chi connectivity index (χ2v) is 8.44. The maximum Gasteiger partial charge on any atom is 0.179 e. The first-order chi connectivity index (χ1) is 15.2. The summed E-state index contributed by atoms with van der Waals surface area (Å²) in [6.45, 7) is 2.10. The highest BCUT2D eigenvalue weighted by Gasteiger charge is 2.21. The van der Waals surface area contributed by atoms with Crippen molar-refractivity contribution in [2.75, 3.05) is 5.32 Å². The van der Waals surface area contributed by atoms with Crippen LogP contribution in [0.5, 0.6) is 0 Å². The van der Waals surface area contributed by atoms with Crippen molar-refractivity contribution in [3.8, 4) is 11.3 Å². The van der Waals surface area contributed by atoms with Gasteiger partial charge in [0.05, 0.1) is 11.2 Å². The molecule has 2 aromatic carbocycles. The molecule has 0 unspecified atom stereocenters. The third kappa shape index (κ3) is 3.68. The number of hydrogen-bond donors (Lipinski definition) is 3. The number of para-hydroxylation sites is 1. The Morgan fingerprint density at radius 2 is 1.90 bits per heavy atom. The van der Waals surface area contributed by atoms with E-state index in [2.05, 4.69) is 24.4 Å². The largest absolute Gasteiger partial charge is 0.464 e. The Balaban J connectivity index is 1.71. The predicted octanol–water partition coefficient (Wildman–Crippen LogP) is 5.94. The molecule has 1 fully saturated rings. The third-order valence-electron chi connectivity index (χ3n) is 6.46. The van der Waals surface area contributed by atoms with Crippen LogP contribution in [0.15, 0.2) is 53.1 Å². The highest BCUT2D eigenvalue weighted by molar-refractivity contribution is 6.00. The van der Waals surface area contributed by atoms with E-state index < -0.39 is 6.29 Å². The Bertz CT molecular complexity index is 1220. The quantitative estimate of drug-likeness (QED) is 0.351. The van der Waals surface area contributed by atoms with Crippen LogP contribution in [0.3, 0.4) is 0 Å². The molecule has 160 valence electrons. The minimum Gasteiger partial charge on any atom is -0.464 e. The molecule has 31 heavy (non-hydrogen) atoms. The molecule has 0 saturated heterocycles. The van der Waals surface area contributed by atoms with E-state index in [9.17, 15) is 10.2 Å². The summed E-state index contributed by atoms with van der Waals surface area (Å²) >= 11 is 0. The Morgan fingerprint density at radius 1 is 1.10 bits per heavy atom. The summed E-state index contributed by atoms with van der Waals surface area (Å²) in [4.78, 5) is 5.01.